The first-order valence-electron chi connectivity index (χ1n) is 6.71. The van der Waals surface area contributed by atoms with Crippen molar-refractivity contribution in [3.05, 3.63) is 35.4 Å². The van der Waals surface area contributed by atoms with Crippen molar-refractivity contribution in [3.63, 3.8) is 0 Å². The molecule has 0 aliphatic carbocycles. The highest BCUT2D eigenvalue weighted by molar-refractivity contribution is 5.99. The summed E-state index contributed by atoms with van der Waals surface area (Å²) in [6.45, 7) is 7.82. The molecule has 1 aromatic rings. The SMILES string of the molecule is CC(C)(C)c1ccccc1C(=O)C1CCCOC1. The summed E-state index contributed by atoms with van der Waals surface area (Å²) in [5.74, 6) is 0.294. The summed E-state index contributed by atoms with van der Waals surface area (Å²) in [5, 5.41) is 0. The molecule has 0 saturated carbocycles. The van der Waals surface area contributed by atoms with Crippen LogP contribution in [0.15, 0.2) is 24.3 Å². The van der Waals surface area contributed by atoms with Gasteiger partial charge in [-0.05, 0) is 23.8 Å². The van der Waals surface area contributed by atoms with Gasteiger partial charge in [0.2, 0.25) is 0 Å². The number of carbonyl (C=O) groups is 1. The van der Waals surface area contributed by atoms with Crippen molar-refractivity contribution >= 4 is 5.78 Å². The molecule has 1 unspecified atom stereocenters. The molecule has 1 aliphatic heterocycles. The van der Waals surface area contributed by atoms with Crippen LogP contribution >= 0.6 is 0 Å². The van der Waals surface area contributed by atoms with Gasteiger partial charge in [-0.3, -0.25) is 4.79 Å². The van der Waals surface area contributed by atoms with Crippen LogP contribution in [0.2, 0.25) is 0 Å². The molecule has 2 rings (SSSR count). The fourth-order valence-electron chi connectivity index (χ4n) is 2.52. The number of carbonyl (C=O) groups excluding carboxylic acids is 1. The molecule has 2 heteroatoms. The highest BCUT2D eigenvalue weighted by atomic mass is 16.5. The van der Waals surface area contributed by atoms with Crippen molar-refractivity contribution < 1.29 is 9.53 Å². The van der Waals surface area contributed by atoms with E-state index in [2.05, 4.69) is 26.8 Å². The van der Waals surface area contributed by atoms with Gasteiger partial charge >= 0.3 is 0 Å². The van der Waals surface area contributed by atoms with E-state index in [1.165, 1.54) is 0 Å². The minimum atomic E-state index is 0.00176. The van der Waals surface area contributed by atoms with Gasteiger partial charge in [0.15, 0.2) is 5.78 Å². The Morgan fingerprint density at radius 1 is 1.28 bits per heavy atom. The van der Waals surface area contributed by atoms with E-state index in [9.17, 15) is 4.79 Å². The van der Waals surface area contributed by atoms with E-state index in [1.54, 1.807) is 0 Å². The Hall–Kier alpha value is -1.15. The van der Waals surface area contributed by atoms with E-state index >= 15 is 0 Å². The van der Waals surface area contributed by atoms with E-state index in [-0.39, 0.29) is 17.1 Å². The fourth-order valence-corrected chi connectivity index (χ4v) is 2.52. The third-order valence-corrected chi connectivity index (χ3v) is 3.53. The van der Waals surface area contributed by atoms with Crippen molar-refractivity contribution in [1.82, 2.24) is 0 Å². The third-order valence-electron chi connectivity index (χ3n) is 3.53. The summed E-state index contributed by atoms with van der Waals surface area (Å²) in [4.78, 5) is 12.6. The van der Waals surface area contributed by atoms with Gasteiger partial charge in [0.05, 0.1) is 6.61 Å². The lowest BCUT2D eigenvalue weighted by Crippen LogP contribution is -2.27. The molecule has 98 valence electrons. The number of hydrogen-bond donors (Lipinski definition) is 0. The zero-order valence-electron chi connectivity index (χ0n) is 11.5. The molecule has 1 atom stereocenters. The summed E-state index contributed by atoms with van der Waals surface area (Å²) in [7, 11) is 0. The van der Waals surface area contributed by atoms with Crippen LogP contribution in [0.4, 0.5) is 0 Å². The molecule has 0 N–H and O–H groups in total. The molecule has 1 aromatic carbocycles. The zero-order valence-corrected chi connectivity index (χ0v) is 11.5. The molecular weight excluding hydrogens is 224 g/mol. The summed E-state index contributed by atoms with van der Waals surface area (Å²) in [6, 6.07) is 7.98. The van der Waals surface area contributed by atoms with Gasteiger partial charge in [0.25, 0.3) is 0 Å². The van der Waals surface area contributed by atoms with Gasteiger partial charge in [-0.25, -0.2) is 0 Å². The van der Waals surface area contributed by atoms with E-state index in [0.717, 1.165) is 30.6 Å². The Kier molecular flexibility index (Phi) is 3.86. The van der Waals surface area contributed by atoms with Crippen LogP contribution in [0.5, 0.6) is 0 Å². The largest absolute Gasteiger partial charge is 0.381 e. The van der Waals surface area contributed by atoms with Crippen molar-refractivity contribution in [3.8, 4) is 0 Å². The van der Waals surface area contributed by atoms with Crippen LogP contribution in [0, 0.1) is 5.92 Å². The predicted octanol–water partition coefficient (Wildman–Crippen LogP) is 3.59. The Labute approximate surface area is 109 Å². The third kappa shape index (κ3) is 2.81. The lowest BCUT2D eigenvalue weighted by molar-refractivity contribution is 0.0460. The smallest absolute Gasteiger partial charge is 0.168 e. The Morgan fingerprint density at radius 2 is 2.00 bits per heavy atom. The number of rotatable bonds is 2. The lowest BCUT2D eigenvalue weighted by Gasteiger charge is -2.26. The van der Waals surface area contributed by atoms with Gasteiger partial charge in [0.1, 0.15) is 0 Å². The van der Waals surface area contributed by atoms with Crippen LogP contribution in [-0.2, 0) is 10.2 Å². The van der Waals surface area contributed by atoms with Crippen LogP contribution < -0.4 is 0 Å². The highest BCUT2D eigenvalue weighted by Crippen LogP contribution is 2.29. The van der Waals surface area contributed by atoms with E-state index in [4.69, 9.17) is 4.74 Å². The molecule has 0 bridgehead atoms. The van der Waals surface area contributed by atoms with Crippen LogP contribution in [-0.4, -0.2) is 19.0 Å². The van der Waals surface area contributed by atoms with Gasteiger partial charge < -0.3 is 4.74 Å². The molecule has 2 nitrogen and oxygen atoms in total. The second kappa shape index (κ2) is 5.23. The summed E-state index contributed by atoms with van der Waals surface area (Å²) >= 11 is 0. The van der Waals surface area contributed by atoms with Crippen LogP contribution in [0.1, 0.15) is 49.5 Å². The van der Waals surface area contributed by atoms with Gasteiger partial charge in [-0.2, -0.15) is 0 Å². The number of ether oxygens (including phenoxy) is 1. The predicted molar refractivity (Wildman–Crippen MR) is 73.0 cm³/mol. The van der Waals surface area contributed by atoms with Crippen molar-refractivity contribution in [1.29, 1.82) is 0 Å². The molecule has 1 fully saturated rings. The quantitative estimate of drug-likeness (QED) is 0.745. The minimum absolute atomic E-state index is 0.00176. The molecule has 0 amide bonds. The second-order valence-electron chi connectivity index (χ2n) is 6.07. The maximum Gasteiger partial charge on any atom is 0.168 e. The number of Topliss-reactive ketones (excluding diaryl/α,β-unsaturated/α-hetero) is 1. The Morgan fingerprint density at radius 3 is 2.61 bits per heavy atom. The Balaban J connectivity index is 2.30. The average Bonchev–Trinajstić information content (AvgIpc) is 2.38. The second-order valence-corrected chi connectivity index (χ2v) is 6.07. The van der Waals surface area contributed by atoms with Crippen molar-refractivity contribution in [2.75, 3.05) is 13.2 Å². The van der Waals surface area contributed by atoms with Crippen molar-refractivity contribution in [2.24, 2.45) is 5.92 Å². The van der Waals surface area contributed by atoms with E-state index in [1.807, 2.05) is 18.2 Å². The van der Waals surface area contributed by atoms with Gasteiger partial charge in [-0.15, -0.1) is 0 Å². The standard InChI is InChI=1S/C16H22O2/c1-16(2,3)14-9-5-4-8-13(14)15(17)12-7-6-10-18-11-12/h4-5,8-9,12H,6-7,10-11H2,1-3H3. The molecule has 1 aliphatic rings. The van der Waals surface area contributed by atoms with Crippen LogP contribution in [0.3, 0.4) is 0 Å². The van der Waals surface area contributed by atoms with E-state index in [0.29, 0.717) is 6.61 Å². The maximum atomic E-state index is 12.6. The topological polar surface area (TPSA) is 26.3 Å². The number of hydrogen-bond acceptors (Lipinski definition) is 2. The van der Waals surface area contributed by atoms with Crippen molar-refractivity contribution in [2.45, 2.75) is 39.0 Å². The highest BCUT2D eigenvalue weighted by Gasteiger charge is 2.27. The molecule has 18 heavy (non-hydrogen) atoms. The normalized spacial score (nSPS) is 20.7. The van der Waals surface area contributed by atoms with Gasteiger partial charge in [0, 0.05) is 18.1 Å². The summed E-state index contributed by atoms with van der Waals surface area (Å²) < 4.78 is 5.43. The van der Waals surface area contributed by atoms with Crippen LogP contribution in [0.25, 0.3) is 0 Å². The molecule has 1 heterocycles. The monoisotopic (exact) mass is 246 g/mol. The molecule has 0 aromatic heterocycles. The first kappa shape index (κ1) is 13.3. The number of ketones is 1. The molecule has 1 saturated heterocycles. The van der Waals surface area contributed by atoms with E-state index < -0.39 is 0 Å². The zero-order chi connectivity index (χ0) is 13.2. The number of benzene rings is 1. The molecule has 0 radical (unpaired) electrons. The van der Waals surface area contributed by atoms with Gasteiger partial charge in [-0.1, -0.05) is 45.0 Å². The summed E-state index contributed by atoms with van der Waals surface area (Å²) in [6.07, 6.45) is 1.95. The summed E-state index contributed by atoms with van der Waals surface area (Å²) in [5.41, 5.74) is 2.02. The lowest BCUT2D eigenvalue weighted by atomic mass is 9.80. The molecular formula is C16H22O2. The minimum Gasteiger partial charge on any atom is -0.381 e. The Bertz CT molecular complexity index is 423. The maximum absolute atomic E-state index is 12.6. The average molecular weight is 246 g/mol. The fraction of sp³-hybridized carbons (Fsp3) is 0.562. The first-order chi connectivity index (χ1) is 8.50. The molecule has 0 spiro atoms. The first-order valence-corrected chi connectivity index (χ1v) is 6.71.